The van der Waals surface area contributed by atoms with Crippen LogP contribution in [0.3, 0.4) is 0 Å². The Bertz CT molecular complexity index is 119. The average molecular weight is 175 g/mol. The molecule has 0 radical (unpaired) electrons. The molecule has 0 aromatic heterocycles. The number of alkyl halides is 4. The first-order chi connectivity index (χ1) is 4.90. The van der Waals surface area contributed by atoms with Crippen molar-refractivity contribution < 1.29 is 22.7 Å². The molecule has 0 aromatic carbocycles. The fourth-order valence-electron chi connectivity index (χ4n) is 0.503. The van der Waals surface area contributed by atoms with Gasteiger partial charge in [0.1, 0.15) is 0 Å². The normalized spacial score (nSPS) is 15.5. The second kappa shape index (κ2) is 3.87. The molecule has 0 saturated heterocycles. The SMILES string of the molecule is NC(CO)CC(F)(F)C(F)F. The van der Waals surface area contributed by atoms with Crippen LogP contribution >= 0.6 is 0 Å². The van der Waals surface area contributed by atoms with E-state index in [0.717, 1.165) is 0 Å². The summed E-state index contributed by atoms with van der Waals surface area (Å²) in [4.78, 5) is 0. The van der Waals surface area contributed by atoms with Gasteiger partial charge in [-0.1, -0.05) is 0 Å². The smallest absolute Gasteiger partial charge is 0.309 e. The van der Waals surface area contributed by atoms with Crippen LogP contribution in [-0.4, -0.2) is 30.1 Å². The van der Waals surface area contributed by atoms with Crippen LogP contribution in [0.4, 0.5) is 17.6 Å². The molecule has 2 nitrogen and oxygen atoms in total. The molecule has 0 aliphatic rings. The van der Waals surface area contributed by atoms with Gasteiger partial charge in [0.05, 0.1) is 6.61 Å². The molecule has 0 rings (SSSR count). The van der Waals surface area contributed by atoms with Crippen molar-refractivity contribution in [3.8, 4) is 0 Å². The summed E-state index contributed by atoms with van der Waals surface area (Å²) in [5, 5.41) is 8.18. The lowest BCUT2D eigenvalue weighted by atomic mass is 10.1. The number of aliphatic hydroxyl groups is 1. The van der Waals surface area contributed by atoms with E-state index in [1.165, 1.54) is 0 Å². The third-order valence-electron chi connectivity index (χ3n) is 1.09. The first kappa shape index (κ1) is 10.6. The van der Waals surface area contributed by atoms with E-state index in [2.05, 4.69) is 0 Å². The molecule has 0 amide bonds. The van der Waals surface area contributed by atoms with Gasteiger partial charge in [-0.25, -0.2) is 17.6 Å². The molecule has 6 heteroatoms. The highest BCUT2D eigenvalue weighted by Gasteiger charge is 2.41. The van der Waals surface area contributed by atoms with E-state index in [1.807, 2.05) is 0 Å². The molecule has 3 N–H and O–H groups in total. The molecule has 11 heavy (non-hydrogen) atoms. The van der Waals surface area contributed by atoms with E-state index in [9.17, 15) is 17.6 Å². The molecule has 68 valence electrons. The van der Waals surface area contributed by atoms with Gasteiger partial charge in [0.25, 0.3) is 0 Å². The van der Waals surface area contributed by atoms with Crippen LogP contribution < -0.4 is 5.73 Å². The predicted octanol–water partition coefficient (Wildman–Crippen LogP) is 0.597. The monoisotopic (exact) mass is 175 g/mol. The van der Waals surface area contributed by atoms with Crippen LogP contribution in [0.2, 0.25) is 0 Å². The fourth-order valence-corrected chi connectivity index (χ4v) is 0.503. The number of rotatable bonds is 4. The first-order valence-electron chi connectivity index (χ1n) is 2.92. The number of hydrogen-bond donors (Lipinski definition) is 2. The first-order valence-corrected chi connectivity index (χ1v) is 2.92. The van der Waals surface area contributed by atoms with E-state index >= 15 is 0 Å². The highest BCUT2D eigenvalue weighted by molar-refractivity contribution is 4.75. The van der Waals surface area contributed by atoms with Gasteiger partial charge in [-0.15, -0.1) is 0 Å². The van der Waals surface area contributed by atoms with Gasteiger partial charge >= 0.3 is 12.3 Å². The van der Waals surface area contributed by atoms with E-state index in [1.54, 1.807) is 0 Å². The van der Waals surface area contributed by atoms with Crippen molar-refractivity contribution in [2.45, 2.75) is 24.8 Å². The molecule has 0 bridgehead atoms. The van der Waals surface area contributed by atoms with Crippen molar-refractivity contribution in [1.29, 1.82) is 0 Å². The molecular formula is C5H9F4NO. The molecule has 0 spiro atoms. The largest absolute Gasteiger partial charge is 0.395 e. The fraction of sp³-hybridized carbons (Fsp3) is 1.00. The van der Waals surface area contributed by atoms with Gasteiger partial charge in [-0.3, -0.25) is 0 Å². The summed E-state index contributed by atoms with van der Waals surface area (Å²) in [5.41, 5.74) is 4.83. The number of aliphatic hydroxyl groups excluding tert-OH is 1. The maximum atomic E-state index is 12.0. The Morgan fingerprint density at radius 3 is 2.09 bits per heavy atom. The quantitative estimate of drug-likeness (QED) is 0.614. The lowest BCUT2D eigenvalue weighted by Crippen LogP contribution is -2.37. The summed E-state index contributed by atoms with van der Waals surface area (Å²) in [6.45, 7) is -0.720. The van der Waals surface area contributed by atoms with E-state index in [0.29, 0.717) is 0 Å². The maximum Gasteiger partial charge on any atom is 0.309 e. The van der Waals surface area contributed by atoms with Crippen LogP contribution in [0.15, 0.2) is 0 Å². The van der Waals surface area contributed by atoms with Gasteiger partial charge in [0.2, 0.25) is 0 Å². The van der Waals surface area contributed by atoms with Gasteiger partial charge in [0, 0.05) is 12.5 Å². The zero-order valence-corrected chi connectivity index (χ0v) is 5.61. The zero-order valence-electron chi connectivity index (χ0n) is 5.61. The van der Waals surface area contributed by atoms with Crippen molar-refractivity contribution in [3.63, 3.8) is 0 Å². The predicted molar refractivity (Wildman–Crippen MR) is 30.6 cm³/mol. The summed E-state index contributed by atoms with van der Waals surface area (Å²) in [6, 6.07) is -1.29. The van der Waals surface area contributed by atoms with Crippen LogP contribution in [0, 0.1) is 0 Å². The molecular weight excluding hydrogens is 166 g/mol. The Morgan fingerprint density at radius 2 is 1.82 bits per heavy atom. The van der Waals surface area contributed by atoms with E-state index in [4.69, 9.17) is 10.8 Å². The Kier molecular flexibility index (Phi) is 3.74. The Morgan fingerprint density at radius 1 is 1.36 bits per heavy atom. The highest BCUT2D eigenvalue weighted by Crippen LogP contribution is 2.27. The number of nitrogens with two attached hydrogens (primary N) is 1. The summed E-state index contributed by atoms with van der Waals surface area (Å²) < 4.78 is 46.9. The third-order valence-corrected chi connectivity index (χ3v) is 1.09. The second-order valence-corrected chi connectivity index (χ2v) is 2.21. The molecule has 0 aliphatic heterocycles. The topological polar surface area (TPSA) is 46.2 Å². The minimum Gasteiger partial charge on any atom is -0.395 e. The summed E-state index contributed by atoms with van der Waals surface area (Å²) in [5.74, 6) is -4.10. The second-order valence-electron chi connectivity index (χ2n) is 2.21. The van der Waals surface area contributed by atoms with Crippen LogP contribution in [0.1, 0.15) is 6.42 Å². The summed E-state index contributed by atoms with van der Waals surface area (Å²) in [7, 11) is 0. The van der Waals surface area contributed by atoms with E-state index < -0.39 is 31.4 Å². The van der Waals surface area contributed by atoms with Crippen LogP contribution in [0.25, 0.3) is 0 Å². The summed E-state index contributed by atoms with van der Waals surface area (Å²) in [6.07, 6.45) is -4.92. The molecule has 0 aliphatic carbocycles. The van der Waals surface area contributed by atoms with Crippen molar-refractivity contribution >= 4 is 0 Å². The molecule has 0 aromatic rings. The van der Waals surface area contributed by atoms with Crippen LogP contribution in [-0.2, 0) is 0 Å². The molecule has 0 heterocycles. The average Bonchev–Trinajstić information content (AvgIpc) is 1.86. The standard InChI is InChI=1S/C5H9F4NO/c6-4(7)5(8,9)1-3(10)2-11/h3-4,11H,1-2,10H2. The minimum absolute atomic E-state index is 0.720. The van der Waals surface area contributed by atoms with Crippen molar-refractivity contribution in [2.24, 2.45) is 5.73 Å². The lowest BCUT2D eigenvalue weighted by Gasteiger charge is -2.17. The number of halogens is 4. The Balaban J connectivity index is 3.90. The van der Waals surface area contributed by atoms with E-state index in [-0.39, 0.29) is 0 Å². The van der Waals surface area contributed by atoms with Gasteiger partial charge < -0.3 is 10.8 Å². The lowest BCUT2D eigenvalue weighted by molar-refractivity contribution is -0.137. The van der Waals surface area contributed by atoms with Gasteiger partial charge in [-0.05, 0) is 0 Å². The molecule has 1 atom stereocenters. The van der Waals surface area contributed by atoms with Crippen molar-refractivity contribution in [1.82, 2.24) is 0 Å². The molecule has 0 saturated carbocycles. The molecule has 0 fully saturated rings. The zero-order chi connectivity index (χ0) is 9.07. The van der Waals surface area contributed by atoms with Crippen molar-refractivity contribution in [3.05, 3.63) is 0 Å². The van der Waals surface area contributed by atoms with Gasteiger partial charge in [-0.2, -0.15) is 0 Å². The number of hydrogen-bond acceptors (Lipinski definition) is 2. The minimum atomic E-state index is -4.10. The maximum absolute atomic E-state index is 12.0. The molecule has 1 unspecified atom stereocenters. The third kappa shape index (κ3) is 3.52. The highest BCUT2D eigenvalue weighted by atomic mass is 19.3. The van der Waals surface area contributed by atoms with Crippen LogP contribution in [0.5, 0.6) is 0 Å². The Labute approximate surface area is 61.0 Å². The summed E-state index contributed by atoms with van der Waals surface area (Å²) >= 11 is 0. The Hall–Kier alpha value is -0.360. The van der Waals surface area contributed by atoms with Gasteiger partial charge in [0.15, 0.2) is 0 Å². The van der Waals surface area contributed by atoms with Crippen molar-refractivity contribution in [2.75, 3.05) is 6.61 Å².